The van der Waals surface area contributed by atoms with Crippen LogP contribution in [0.15, 0.2) is 11.1 Å². The summed E-state index contributed by atoms with van der Waals surface area (Å²) in [6.07, 6.45) is 5.51. The van der Waals surface area contributed by atoms with Crippen LogP contribution in [0.4, 0.5) is 0 Å². The number of ketones is 1. The second kappa shape index (κ2) is 7.13. The van der Waals surface area contributed by atoms with Crippen molar-refractivity contribution in [3.63, 3.8) is 0 Å². The van der Waals surface area contributed by atoms with Gasteiger partial charge in [-0.1, -0.05) is 25.0 Å². The molecular weight excluding hydrogens is 324 g/mol. The standard InChI is InChI=1S/C23H36O3/c1-13(2)16-9-10-20(24)17-8-7-14(3)21-18(16)11-15(12-19(17)21)26-22(25)23(4,5)6/h13,15-19H,7-12H2,1-6H3/t15?,16-,17+,18-,19?/m0/s1. The minimum absolute atomic E-state index is 0.0407. The average molecular weight is 361 g/mol. The zero-order valence-electron chi connectivity index (χ0n) is 17.4. The Hall–Kier alpha value is -1.12. The molecule has 3 heteroatoms. The van der Waals surface area contributed by atoms with Crippen LogP contribution in [0.25, 0.3) is 0 Å². The highest BCUT2D eigenvalue weighted by molar-refractivity contribution is 5.82. The second-order valence-corrected chi connectivity index (χ2v) is 10.3. The summed E-state index contributed by atoms with van der Waals surface area (Å²) < 4.78 is 5.98. The molecule has 0 aromatic rings. The normalized spacial score (nSPS) is 35.2. The summed E-state index contributed by atoms with van der Waals surface area (Å²) in [6.45, 7) is 12.6. The molecule has 0 aromatic carbocycles. The molecule has 4 bridgehead atoms. The van der Waals surface area contributed by atoms with E-state index >= 15 is 0 Å². The van der Waals surface area contributed by atoms with E-state index in [9.17, 15) is 9.59 Å². The smallest absolute Gasteiger partial charge is 0.311 e. The maximum atomic E-state index is 12.9. The lowest BCUT2D eigenvalue weighted by Gasteiger charge is -2.49. The Morgan fingerprint density at radius 1 is 1.04 bits per heavy atom. The molecule has 0 saturated heterocycles. The molecule has 3 rings (SSSR count). The Labute approximate surface area is 158 Å². The van der Waals surface area contributed by atoms with Gasteiger partial charge in [0.2, 0.25) is 0 Å². The molecule has 0 aromatic heterocycles. The first-order valence-electron chi connectivity index (χ1n) is 10.5. The summed E-state index contributed by atoms with van der Waals surface area (Å²) in [6, 6.07) is 0. The van der Waals surface area contributed by atoms with Crippen molar-refractivity contribution in [1.82, 2.24) is 0 Å². The summed E-state index contributed by atoms with van der Waals surface area (Å²) in [4.78, 5) is 25.4. The summed E-state index contributed by atoms with van der Waals surface area (Å²) in [5, 5.41) is 0. The van der Waals surface area contributed by atoms with Gasteiger partial charge in [-0.05, 0) is 83.5 Å². The predicted molar refractivity (Wildman–Crippen MR) is 104 cm³/mol. The Morgan fingerprint density at radius 3 is 2.31 bits per heavy atom. The summed E-state index contributed by atoms with van der Waals surface area (Å²) in [7, 11) is 0. The minimum atomic E-state index is -0.474. The number of rotatable bonds is 2. The maximum absolute atomic E-state index is 12.9. The minimum Gasteiger partial charge on any atom is -0.462 e. The first kappa shape index (κ1) is 19.6. The van der Waals surface area contributed by atoms with Gasteiger partial charge in [-0.25, -0.2) is 0 Å². The number of carbonyl (C=O) groups excluding carboxylic acids is 2. The van der Waals surface area contributed by atoms with Gasteiger partial charge >= 0.3 is 5.97 Å². The number of hydrogen-bond acceptors (Lipinski definition) is 3. The van der Waals surface area contributed by atoms with E-state index in [2.05, 4.69) is 20.8 Å². The van der Waals surface area contributed by atoms with Gasteiger partial charge in [-0.2, -0.15) is 0 Å². The van der Waals surface area contributed by atoms with Crippen molar-refractivity contribution in [2.75, 3.05) is 0 Å². The largest absolute Gasteiger partial charge is 0.462 e. The van der Waals surface area contributed by atoms with Crippen LogP contribution in [0, 0.1) is 35.0 Å². The third-order valence-corrected chi connectivity index (χ3v) is 7.04. The lowest BCUT2D eigenvalue weighted by Crippen LogP contribution is -2.45. The van der Waals surface area contributed by atoms with E-state index < -0.39 is 5.41 Å². The highest BCUT2D eigenvalue weighted by Gasteiger charge is 2.48. The molecule has 0 aliphatic heterocycles. The number of Topliss-reactive ketones (excluding diaryl/α,β-unsaturated/α-hetero) is 1. The van der Waals surface area contributed by atoms with Crippen molar-refractivity contribution in [3.05, 3.63) is 11.1 Å². The molecular formula is C23H36O3. The molecule has 2 fully saturated rings. The van der Waals surface area contributed by atoms with Crippen molar-refractivity contribution >= 4 is 11.8 Å². The van der Waals surface area contributed by atoms with Crippen molar-refractivity contribution in [2.45, 2.75) is 86.2 Å². The zero-order valence-corrected chi connectivity index (χ0v) is 17.4. The molecule has 146 valence electrons. The van der Waals surface area contributed by atoms with E-state index in [-0.39, 0.29) is 18.0 Å². The van der Waals surface area contributed by atoms with Gasteiger partial charge in [0.05, 0.1) is 5.41 Å². The van der Waals surface area contributed by atoms with Crippen LogP contribution < -0.4 is 0 Å². The summed E-state index contributed by atoms with van der Waals surface area (Å²) in [5.41, 5.74) is 2.60. The maximum Gasteiger partial charge on any atom is 0.311 e. The van der Waals surface area contributed by atoms with Gasteiger partial charge in [-0.3, -0.25) is 9.59 Å². The lowest BCUT2D eigenvalue weighted by atomic mass is 9.56. The van der Waals surface area contributed by atoms with Gasteiger partial charge in [0.15, 0.2) is 0 Å². The highest BCUT2D eigenvalue weighted by atomic mass is 16.5. The molecule has 0 heterocycles. The SMILES string of the molecule is CC1=C2C3CC(OC(=O)C(C)(C)C)C[C@H]2[C@H](C(C)C)CCC(=O)[C@@H]3CC1. The number of allylic oxidation sites excluding steroid dienone is 2. The molecule has 3 aliphatic carbocycles. The Bertz CT molecular complexity index is 607. The van der Waals surface area contributed by atoms with Gasteiger partial charge in [0, 0.05) is 12.3 Å². The Balaban J connectivity index is 1.95. The first-order valence-corrected chi connectivity index (χ1v) is 10.5. The highest BCUT2D eigenvalue weighted by Crippen LogP contribution is 2.53. The molecule has 0 amide bonds. The van der Waals surface area contributed by atoms with Crippen LogP contribution in [0.2, 0.25) is 0 Å². The zero-order chi connectivity index (χ0) is 19.2. The van der Waals surface area contributed by atoms with Crippen molar-refractivity contribution < 1.29 is 14.3 Å². The van der Waals surface area contributed by atoms with Crippen molar-refractivity contribution in [1.29, 1.82) is 0 Å². The van der Waals surface area contributed by atoms with Crippen LogP contribution in [-0.4, -0.2) is 17.9 Å². The second-order valence-electron chi connectivity index (χ2n) is 10.3. The first-order chi connectivity index (χ1) is 12.1. The Morgan fingerprint density at radius 2 is 1.69 bits per heavy atom. The van der Waals surface area contributed by atoms with E-state index in [4.69, 9.17) is 4.74 Å². The van der Waals surface area contributed by atoms with Crippen LogP contribution in [-0.2, 0) is 14.3 Å². The number of esters is 1. The molecule has 2 saturated carbocycles. The topological polar surface area (TPSA) is 43.4 Å². The van der Waals surface area contributed by atoms with E-state index in [1.165, 1.54) is 5.57 Å². The van der Waals surface area contributed by atoms with E-state index in [0.29, 0.717) is 29.5 Å². The fraction of sp³-hybridized carbons (Fsp3) is 0.826. The molecule has 3 nitrogen and oxygen atoms in total. The van der Waals surface area contributed by atoms with E-state index in [1.54, 1.807) is 5.57 Å². The predicted octanol–water partition coefficient (Wildman–Crippen LogP) is 5.33. The van der Waals surface area contributed by atoms with Gasteiger partial charge in [-0.15, -0.1) is 0 Å². The molecule has 0 radical (unpaired) electrons. The molecule has 0 N–H and O–H groups in total. The van der Waals surface area contributed by atoms with Gasteiger partial charge < -0.3 is 4.74 Å². The summed E-state index contributed by atoms with van der Waals surface area (Å²) >= 11 is 0. The molecule has 5 atom stereocenters. The van der Waals surface area contributed by atoms with Crippen molar-refractivity contribution in [2.24, 2.45) is 35.0 Å². The van der Waals surface area contributed by atoms with Crippen LogP contribution in [0.5, 0.6) is 0 Å². The third-order valence-electron chi connectivity index (χ3n) is 7.04. The van der Waals surface area contributed by atoms with Crippen LogP contribution >= 0.6 is 0 Å². The average Bonchev–Trinajstić information content (AvgIpc) is 2.53. The molecule has 2 unspecified atom stereocenters. The number of carbonyl (C=O) groups is 2. The third kappa shape index (κ3) is 3.64. The van der Waals surface area contributed by atoms with Gasteiger partial charge in [0.25, 0.3) is 0 Å². The fourth-order valence-corrected chi connectivity index (χ4v) is 5.63. The molecule has 26 heavy (non-hydrogen) atoms. The Kier molecular flexibility index (Phi) is 5.38. The fourth-order valence-electron chi connectivity index (χ4n) is 5.63. The van der Waals surface area contributed by atoms with Crippen LogP contribution in [0.1, 0.15) is 80.1 Å². The quantitative estimate of drug-likeness (QED) is 0.493. The van der Waals surface area contributed by atoms with E-state index in [1.807, 2.05) is 20.8 Å². The molecule has 0 spiro atoms. The number of ether oxygens (including phenoxy) is 1. The molecule has 3 aliphatic rings. The van der Waals surface area contributed by atoms with E-state index in [0.717, 1.165) is 38.5 Å². The van der Waals surface area contributed by atoms with Crippen LogP contribution in [0.3, 0.4) is 0 Å². The lowest BCUT2D eigenvalue weighted by molar-refractivity contribution is -0.162. The summed E-state index contributed by atoms with van der Waals surface area (Å²) in [5.74, 6) is 2.33. The number of hydrogen-bond donors (Lipinski definition) is 0. The van der Waals surface area contributed by atoms with Gasteiger partial charge in [0.1, 0.15) is 11.9 Å². The van der Waals surface area contributed by atoms with Crippen molar-refractivity contribution in [3.8, 4) is 0 Å². The monoisotopic (exact) mass is 360 g/mol.